The van der Waals surface area contributed by atoms with E-state index in [1.54, 1.807) is 0 Å². The van der Waals surface area contributed by atoms with E-state index in [0.29, 0.717) is 12.2 Å². The van der Waals surface area contributed by atoms with Crippen molar-refractivity contribution >= 4 is 12.6 Å². The highest BCUT2D eigenvalue weighted by Gasteiger charge is 1.79. The predicted octanol–water partition coefficient (Wildman–Crippen LogP) is 1.93. The van der Waals surface area contributed by atoms with Gasteiger partial charge in [-0.1, -0.05) is 12.6 Å². The SMILES string of the molecule is FCCCC[S]. The second-order valence-corrected chi connectivity index (χ2v) is 1.51. The van der Waals surface area contributed by atoms with Crippen LogP contribution in [0.2, 0.25) is 0 Å². The Morgan fingerprint density at radius 2 is 2.00 bits per heavy atom. The van der Waals surface area contributed by atoms with Crippen LogP contribution >= 0.6 is 12.6 Å². The molecule has 0 aromatic rings. The van der Waals surface area contributed by atoms with E-state index in [0.717, 1.165) is 6.42 Å². The molecule has 0 aliphatic heterocycles. The van der Waals surface area contributed by atoms with Gasteiger partial charge in [0, 0.05) is 5.75 Å². The summed E-state index contributed by atoms with van der Waals surface area (Å²) in [5.74, 6) is 0.698. The highest BCUT2D eigenvalue weighted by molar-refractivity contribution is 7.80. The normalized spacial score (nSPS) is 9.00. The Hall–Kier alpha value is 0.280. The summed E-state index contributed by atoms with van der Waals surface area (Å²) in [6.45, 7) is -0.212. The van der Waals surface area contributed by atoms with Crippen molar-refractivity contribution in [1.29, 1.82) is 0 Å². The molecule has 0 spiro atoms. The molecule has 0 nitrogen and oxygen atoms in total. The molecule has 2 heteroatoms. The van der Waals surface area contributed by atoms with Crippen molar-refractivity contribution in [3.05, 3.63) is 0 Å². The average molecular weight is 107 g/mol. The third-order valence-electron chi connectivity index (χ3n) is 0.528. The van der Waals surface area contributed by atoms with E-state index in [2.05, 4.69) is 12.6 Å². The van der Waals surface area contributed by atoms with E-state index in [9.17, 15) is 4.39 Å². The van der Waals surface area contributed by atoms with E-state index in [4.69, 9.17) is 0 Å². The zero-order valence-electron chi connectivity index (χ0n) is 3.61. The maximum absolute atomic E-state index is 11.1. The van der Waals surface area contributed by atoms with Crippen LogP contribution in [0.25, 0.3) is 0 Å². The molecule has 0 aromatic carbocycles. The third-order valence-corrected chi connectivity index (χ3v) is 0.817. The Labute approximate surface area is 43.2 Å². The van der Waals surface area contributed by atoms with Crippen LogP contribution in [0.1, 0.15) is 12.8 Å². The first-order valence-corrected chi connectivity index (χ1v) is 2.63. The highest BCUT2D eigenvalue weighted by atomic mass is 32.1. The van der Waals surface area contributed by atoms with Crippen molar-refractivity contribution < 1.29 is 4.39 Å². The molecular weight excluding hydrogens is 99.1 g/mol. The van der Waals surface area contributed by atoms with Crippen LogP contribution in [0.5, 0.6) is 0 Å². The molecule has 0 N–H and O–H groups in total. The van der Waals surface area contributed by atoms with Gasteiger partial charge in [-0.15, -0.1) is 0 Å². The van der Waals surface area contributed by atoms with Gasteiger partial charge in [-0.05, 0) is 12.8 Å². The molecule has 0 unspecified atom stereocenters. The lowest BCUT2D eigenvalue weighted by molar-refractivity contribution is 0.470. The van der Waals surface area contributed by atoms with E-state index in [-0.39, 0.29) is 6.67 Å². The van der Waals surface area contributed by atoms with E-state index in [1.165, 1.54) is 0 Å². The molecule has 0 aliphatic carbocycles. The van der Waals surface area contributed by atoms with E-state index >= 15 is 0 Å². The van der Waals surface area contributed by atoms with Gasteiger partial charge in [0.1, 0.15) is 0 Å². The number of halogens is 1. The molecule has 0 saturated carbocycles. The molecule has 0 heterocycles. The zero-order chi connectivity index (χ0) is 4.83. The summed E-state index contributed by atoms with van der Waals surface area (Å²) >= 11 is 4.55. The maximum atomic E-state index is 11.1. The van der Waals surface area contributed by atoms with Crippen molar-refractivity contribution in [2.75, 3.05) is 12.4 Å². The van der Waals surface area contributed by atoms with E-state index in [1.807, 2.05) is 0 Å². The standard InChI is InChI=1S/C4H8FS/c5-3-1-2-4-6/h1-4H2. The fraction of sp³-hybridized carbons (Fsp3) is 1.00. The summed E-state index contributed by atoms with van der Waals surface area (Å²) in [5, 5.41) is 0. The number of hydrogen-bond acceptors (Lipinski definition) is 0. The summed E-state index contributed by atoms with van der Waals surface area (Å²) in [5.41, 5.74) is 0. The van der Waals surface area contributed by atoms with Gasteiger partial charge in [-0.3, -0.25) is 4.39 Å². The Kier molecular flexibility index (Phi) is 5.53. The molecule has 0 aromatic heterocycles. The smallest absolute Gasteiger partial charge is 0.0894 e. The van der Waals surface area contributed by atoms with Gasteiger partial charge >= 0.3 is 0 Å². The monoisotopic (exact) mass is 107 g/mol. The van der Waals surface area contributed by atoms with Crippen LogP contribution in [-0.2, 0) is 0 Å². The third kappa shape index (κ3) is 4.28. The zero-order valence-corrected chi connectivity index (χ0v) is 4.43. The van der Waals surface area contributed by atoms with Crippen LogP contribution in [0, 0.1) is 0 Å². The summed E-state index contributed by atoms with van der Waals surface area (Å²) in [6.07, 6.45) is 1.50. The number of unbranched alkanes of at least 4 members (excludes halogenated alkanes) is 1. The van der Waals surface area contributed by atoms with Crippen LogP contribution in [-0.4, -0.2) is 12.4 Å². The lowest BCUT2D eigenvalue weighted by Crippen LogP contribution is -1.75. The fourth-order valence-corrected chi connectivity index (χ4v) is 0.401. The van der Waals surface area contributed by atoms with Crippen molar-refractivity contribution in [3.8, 4) is 0 Å². The van der Waals surface area contributed by atoms with Gasteiger partial charge in [-0.25, -0.2) is 0 Å². The summed E-state index contributed by atoms with van der Waals surface area (Å²) in [6, 6.07) is 0. The number of hydrogen-bond donors (Lipinski definition) is 0. The van der Waals surface area contributed by atoms with Gasteiger partial charge in [0.05, 0.1) is 6.67 Å². The molecule has 0 rings (SSSR count). The fourth-order valence-electron chi connectivity index (χ4n) is 0.197. The van der Waals surface area contributed by atoms with Crippen molar-refractivity contribution in [2.45, 2.75) is 12.8 Å². The van der Waals surface area contributed by atoms with Gasteiger partial charge in [0.2, 0.25) is 0 Å². The summed E-state index contributed by atoms with van der Waals surface area (Å²) in [7, 11) is 0. The first-order valence-electron chi connectivity index (χ1n) is 2.06. The van der Waals surface area contributed by atoms with Gasteiger partial charge < -0.3 is 0 Å². The number of alkyl halides is 1. The molecule has 6 heavy (non-hydrogen) atoms. The Morgan fingerprint density at radius 1 is 1.33 bits per heavy atom. The lowest BCUT2D eigenvalue weighted by atomic mass is 10.4. The van der Waals surface area contributed by atoms with Crippen molar-refractivity contribution in [3.63, 3.8) is 0 Å². The van der Waals surface area contributed by atoms with Crippen LogP contribution in [0.3, 0.4) is 0 Å². The molecule has 0 saturated heterocycles. The topological polar surface area (TPSA) is 0 Å². The first kappa shape index (κ1) is 6.28. The summed E-state index contributed by atoms with van der Waals surface area (Å²) in [4.78, 5) is 0. The van der Waals surface area contributed by atoms with E-state index < -0.39 is 0 Å². The lowest BCUT2D eigenvalue weighted by Gasteiger charge is -1.82. The van der Waals surface area contributed by atoms with Crippen LogP contribution in [0.15, 0.2) is 0 Å². The molecule has 1 radical (unpaired) electrons. The summed E-state index contributed by atoms with van der Waals surface area (Å²) < 4.78 is 11.1. The van der Waals surface area contributed by atoms with Crippen molar-refractivity contribution in [2.24, 2.45) is 0 Å². The predicted molar refractivity (Wildman–Crippen MR) is 27.7 cm³/mol. The largest absolute Gasteiger partial charge is 0.251 e. The van der Waals surface area contributed by atoms with Crippen molar-refractivity contribution in [1.82, 2.24) is 0 Å². The number of rotatable bonds is 3. The van der Waals surface area contributed by atoms with Crippen LogP contribution < -0.4 is 0 Å². The van der Waals surface area contributed by atoms with Crippen LogP contribution in [0.4, 0.5) is 4.39 Å². The molecule has 37 valence electrons. The molecule has 0 amide bonds. The molecule has 0 bridgehead atoms. The minimum Gasteiger partial charge on any atom is -0.251 e. The van der Waals surface area contributed by atoms with Gasteiger partial charge in [-0.2, -0.15) is 0 Å². The molecule has 0 fully saturated rings. The molecule has 0 atom stereocenters. The minimum atomic E-state index is -0.212. The Balaban J connectivity index is 2.34. The second kappa shape index (κ2) is 5.28. The minimum absolute atomic E-state index is 0.212. The first-order chi connectivity index (χ1) is 2.91. The highest BCUT2D eigenvalue weighted by Crippen LogP contribution is 1.89. The van der Waals surface area contributed by atoms with Gasteiger partial charge in [0.25, 0.3) is 0 Å². The Morgan fingerprint density at radius 3 is 2.17 bits per heavy atom. The Bertz CT molecular complexity index is 19.5. The second-order valence-electron chi connectivity index (χ2n) is 1.10. The average Bonchev–Trinajstić information content (AvgIpc) is 1.61. The molecule has 0 aliphatic rings. The molecular formula is C4H8FS. The van der Waals surface area contributed by atoms with Gasteiger partial charge in [0.15, 0.2) is 0 Å². The maximum Gasteiger partial charge on any atom is 0.0894 e. The quantitative estimate of drug-likeness (QED) is 0.483.